The van der Waals surface area contributed by atoms with Crippen molar-refractivity contribution in [3.8, 4) is 5.75 Å². The maximum atomic E-state index is 12.3. The lowest BCUT2D eigenvalue weighted by Gasteiger charge is -2.28. The fourth-order valence-corrected chi connectivity index (χ4v) is 3.59. The average molecular weight is 329 g/mol. The van der Waals surface area contributed by atoms with Crippen molar-refractivity contribution in [1.82, 2.24) is 10.2 Å². The Labute approximate surface area is 141 Å². The molecule has 6 heteroatoms. The molecule has 3 aliphatic rings. The van der Waals surface area contributed by atoms with Gasteiger partial charge in [-0.3, -0.25) is 14.5 Å². The summed E-state index contributed by atoms with van der Waals surface area (Å²) in [6.45, 7) is 2.98. The Bertz CT molecular complexity index is 644. The first-order valence-electron chi connectivity index (χ1n) is 8.73. The zero-order valence-electron chi connectivity index (χ0n) is 13.7. The summed E-state index contributed by atoms with van der Waals surface area (Å²) >= 11 is 0. The number of benzene rings is 1. The van der Waals surface area contributed by atoms with Gasteiger partial charge in [0.2, 0.25) is 5.91 Å². The third kappa shape index (κ3) is 3.24. The van der Waals surface area contributed by atoms with Crippen LogP contribution in [0.2, 0.25) is 0 Å². The van der Waals surface area contributed by atoms with Gasteiger partial charge in [0.05, 0.1) is 5.69 Å². The van der Waals surface area contributed by atoms with Crippen LogP contribution in [0.5, 0.6) is 5.75 Å². The number of nitrogens with zero attached hydrogens (tertiary/aromatic N) is 2. The highest BCUT2D eigenvalue weighted by Gasteiger charge is 2.34. The summed E-state index contributed by atoms with van der Waals surface area (Å²) in [6.07, 6.45) is 3.81. The molecule has 0 spiro atoms. The summed E-state index contributed by atoms with van der Waals surface area (Å²) in [4.78, 5) is 28.4. The molecule has 1 aliphatic carbocycles. The minimum atomic E-state index is -0.176. The second kappa shape index (κ2) is 6.43. The molecule has 6 nitrogen and oxygen atoms in total. The van der Waals surface area contributed by atoms with Crippen LogP contribution >= 0.6 is 0 Å². The number of ether oxygens (including phenoxy) is 1. The molecule has 1 aromatic carbocycles. The molecule has 0 aromatic heterocycles. The normalized spacial score (nSPS) is 23.8. The number of hydrogen-bond donors (Lipinski definition) is 1. The van der Waals surface area contributed by atoms with E-state index in [9.17, 15) is 9.59 Å². The minimum Gasteiger partial charge on any atom is -0.482 e. The molecule has 1 saturated carbocycles. The van der Waals surface area contributed by atoms with E-state index in [4.69, 9.17) is 4.74 Å². The molecule has 0 bridgehead atoms. The third-order valence-corrected chi connectivity index (χ3v) is 5.08. The highest BCUT2D eigenvalue weighted by atomic mass is 16.5. The summed E-state index contributed by atoms with van der Waals surface area (Å²) < 4.78 is 5.40. The molecule has 2 fully saturated rings. The van der Waals surface area contributed by atoms with E-state index in [0.717, 1.165) is 25.6 Å². The largest absolute Gasteiger partial charge is 0.482 e. The molecule has 1 saturated heterocycles. The maximum Gasteiger partial charge on any atom is 0.265 e. The second-order valence-corrected chi connectivity index (χ2v) is 6.92. The SMILES string of the molecule is O=C(CN1C(=O)COc2ccccc21)NCC1CCN(C2CC2)C1. The molecule has 128 valence electrons. The standard InChI is InChI=1S/C18H23N3O3/c22-17(19-9-13-7-8-20(10-13)14-5-6-14)11-21-15-3-1-2-4-16(15)24-12-18(21)23/h1-4,13-14H,5-12H2,(H,19,22). The van der Waals surface area contributed by atoms with Gasteiger partial charge in [-0.15, -0.1) is 0 Å². The van der Waals surface area contributed by atoms with Gasteiger partial charge in [-0.1, -0.05) is 12.1 Å². The Kier molecular flexibility index (Phi) is 4.14. The fraction of sp³-hybridized carbons (Fsp3) is 0.556. The highest BCUT2D eigenvalue weighted by Crippen LogP contribution is 2.32. The van der Waals surface area contributed by atoms with Crippen molar-refractivity contribution < 1.29 is 14.3 Å². The van der Waals surface area contributed by atoms with Gasteiger partial charge in [0.15, 0.2) is 6.61 Å². The molecule has 2 amide bonds. The first-order valence-corrected chi connectivity index (χ1v) is 8.73. The molecule has 1 unspecified atom stereocenters. The van der Waals surface area contributed by atoms with Gasteiger partial charge in [0, 0.05) is 19.1 Å². The predicted molar refractivity (Wildman–Crippen MR) is 90.0 cm³/mol. The Balaban J connectivity index is 1.30. The lowest BCUT2D eigenvalue weighted by molar-refractivity contribution is -0.125. The summed E-state index contributed by atoms with van der Waals surface area (Å²) in [5.41, 5.74) is 0.671. The number of anilines is 1. The van der Waals surface area contributed by atoms with Crippen LogP contribution in [0, 0.1) is 5.92 Å². The second-order valence-electron chi connectivity index (χ2n) is 6.92. The number of rotatable bonds is 5. The van der Waals surface area contributed by atoms with Crippen LogP contribution in [0.25, 0.3) is 0 Å². The quantitative estimate of drug-likeness (QED) is 0.876. The Hall–Kier alpha value is -2.08. The van der Waals surface area contributed by atoms with Crippen molar-refractivity contribution in [3.05, 3.63) is 24.3 Å². The van der Waals surface area contributed by atoms with Crippen molar-refractivity contribution in [1.29, 1.82) is 0 Å². The smallest absolute Gasteiger partial charge is 0.265 e. The molecule has 2 aliphatic heterocycles. The number of fused-ring (bicyclic) bond motifs is 1. The zero-order valence-corrected chi connectivity index (χ0v) is 13.7. The number of likely N-dealkylation sites (tertiary alicyclic amines) is 1. The lowest BCUT2D eigenvalue weighted by Crippen LogP contribution is -2.46. The molecular weight excluding hydrogens is 306 g/mol. The molecular formula is C18H23N3O3. The summed E-state index contributed by atoms with van der Waals surface area (Å²) in [5.74, 6) is 0.901. The van der Waals surface area contributed by atoms with Gasteiger partial charge >= 0.3 is 0 Å². The molecule has 1 aromatic rings. The summed E-state index contributed by atoms with van der Waals surface area (Å²) in [7, 11) is 0. The topological polar surface area (TPSA) is 61.9 Å². The van der Waals surface area contributed by atoms with Gasteiger partial charge in [-0.2, -0.15) is 0 Å². The number of nitrogens with one attached hydrogen (secondary N) is 1. The molecule has 24 heavy (non-hydrogen) atoms. The molecule has 1 atom stereocenters. The van der Waals surface area contributed by atoms with Crippen molar-refractivity contribution in [2.24, 2.45) is 5.92 Å². The van der Waals surface area contributed by atoms with Crippen LogP contribution in [0.1, 0.15) is 19.3 Å². The van der Waals surface area contributed by atoms with Gasteiger partial charge in [0.25, 0.3) is 5.91 Å². The number of para-hydroxylation sites is 2. The van der Waals surface area contributed by atoms with Gasteiger partial charge < -0.3 is 15.0 Å². The van der Waals surface area contributed by atoms with E-state index >= 15 is 0 Å². The predicted octanol–water partition coefficient (Wildman–Crippen LogP) is 1.01. The van der Waals surface area contributed by atoms with Crippen LogP contribution in [0.15, 0.2) is 24.3 Å². The Morgan fingerprint density at radius 2 is 2.08 bits per heavy atom. The first-order chi connectivity index (χ1) is 11.7. The Morgan fingerprint density at radius 3 is 2.92 bits per heavy atom. The lowest BCUT2D eigenvalue weighted by atomic mass is 10.1. The van der Waals surface area contributed by atoms with Crippen molar-refractivity contribution in [2.45, 2.75) is 25.3 Å². The van der Waals surface area contributed by atoms with E-state index < -0.39 is 0 Å². The first kappa shape index (κ1) is 15.4. The van der Waals surface area contributed by atoms with E-state index in [1.54, 1.807) is 0 Å². The molecule has 1 N–H and O–H groups in total. The Morgan fingerprint density at radius 1 is 1.25 bits per heavy atom. The van der Waals surface area contributed by atoms with E-state index in [2.05, 4.69) is 10.2 Å². The number of carbonyl (C=O) groups is 2. The van der Waals surface area contributed by atoms with Crippen LogP contribution in [-0.2, 0) is 9.59 Å². The molecule has 2 heterocycles. The number of hydrogen-bond acceptors (Lipinski definition) is 4. The summed E-state index contributed by atoms with van der Waals surface area (Å²) in [5, 5.41) is 3.00. The minimum absolute atomic E-state index is 0.0106. The third-order valence-electron chi connectivity index (χ3n) is 5.08. The van der Waals surface area contributed by atoms with Gasteiger partial charge in [-0.25, -0.2) is 0 Å². The molecule has 0 radical (unpaired) electrons. The summed E-state index contributed by atoms with van der Waals surface area (Å²) in [6, 6.07) is 8.13. The highest BCUT2D eigenvalue weighted by molar-refractivity contribution is 6.02. The van der Waals surface area contributed by atoms with E-state index in [-0.39, 0.29) is 25.0 Å². The monoisotopic (exact) mass is 329 g/mol. The zero-order chi connectivity index (χ0) is 16.5. The maximum absolute atomic E-state index is 12.3. The van der Waals surface area contributed by atoms with Crippen LogP contribution < -0.4 is 15.0 Å². The van der Waals surface area contributed by atoms with Crippen molar-refractivity contribution in [2.75, 3.05) is 37.7 Å². The fourth-order valence-electron chi connectivity index (χ4n) is 3.59. The number of carbonyl (C=O) groups excluding carboxylic acids is 2. The average Bonchev–Trinajstić information content (AvgIpc) is 3.34. The van der Waals surface area contributed by atoms with Crippen LogP contribution in [0.4, 0.5) is 5.69 Å². The van der Waals surface area contributed by atoms with Crippen molar-refractivity contribution in [3.63, 3.8) is 0 Å². The van der Waals surface area contributed by atoms with Crippen LogP contribution in [0.3, 0.4) is 0 Å². The van der Waals surface area contributed by atoms with E-state index in [1.807, 2.05) is 24.3 Å². The van der Waals surface area contributed by atoms with Gasteiger partial charge in [0.1, 0.15) is 12.3 Å². The van der Waals surface area contributed by atoms with E-state index in [0.29, 0.717) is 23.9 Å². The van der Waals surface area contributed by atoms with Crippen molar-refractivity contribution >= 4 is 17.5 Å². The number of amides is 2. The van der Waals surface area contributed by atoms with E-state index in [1.165, 1.54) is 17.7 Å². The molecule has 4 rings (SSSR count). The van der Waals surface area contributed by atoms with Gasteiger partial charge in [-0.05, 0) is 43.9 Å². The van der Waals surface area contributed by atoms with Crippen LogP contribution in [-0.4, -0.2) is 55.5 Å².